The SMILES string of the molecule is Cc1nc2cc([C@@H]3CC[C@@H](C)CCC[C@H](C)[C@H](O)[C@@H](C)C(=O)[C@H](C)[C@@H](O)CC(=O)O3)ccc2s1. The van der Waals surface area contributed by atoms with E-state index in [2.05, 4.69) is 11.9 Å². The molecule has 0 amide bonds. The maximum Gasteiger partial charge on any atom is 0.309 e. The van der Waals surface area contributed by atoms with Crippen molar-refractivity contribution in [2.45, 2.75) is 91.5 Å². The minimum Gasteiger partial charge on any atom is -0.457 e. The normalized spacial score (nSPS) is 33.1. The molecule has 2 N–H and O–H groups in total. The number of nitrogens with zero attached hydrogens (tertiary/aromatic N) is 1. The molecule has 7 heteroatoms. The van der Waals surface area contributed by atoms with Crippen molar-refractivity contribution in [2.75, 3.05) is 0 Å². The fourth-order valence-electron chi connectivity index (χ4n) is 4.91. The summed E-state index contributed by atoms with van der Waals surface area (Å²) in [7, 11) is 0. The Hall–Kier alpha value is -1.83. The van der Waals surface area contributed by atoms with E-state index < -0.39 is 36.1 Å². The van der Waals surface area contributed by atoms with Crippen LogP contribution >= 0.6 is 11.3 Å². The zero-order valence-electron chi connectivity index (χ0n) is 21.0. The van der Waals surface area contributed by atoms with Crippen LogP contribution in [0.3, 0.4) is 0 Å². The van der Waals surface area contributed by atoms with Crippen LogP contribution < -0.4 is 0 Å². The van der Waals surface area contributed by atoms with Gasteiger partial charge in [-0.3, -0.25) is 9.59 Å². The number of thiazole rings is 1. The zero-order valence-corrected chi connectivity index (χ0v) is 21.8. The molecule has 0 aliphatic carbocycles. The number of hydrogen-bond donors (Lipinski definition) is 2. The third kappa shape index (κ3) is 6.64. The monoisotopic (exact) mass is 489 g/mol. The molecule has 3 rings (SSSR count). The Morgan fingerprint density at radius 3 is 2.47 bits per heavy atom. The number of benzene rings is 1. The largest absolute Gasteiger partial charge is 0.457 e. The van der Waals surface area contributed by atoms with Crippen LogP contribution in [-0.4, -0.2) is 39.2 Å². The lowest BCUT2D eigenvalue weighted by atomic mass is 9.81. The molecule has 1 saturated heterocycles. The minimum atomic E-state index is -1.15. The molecular formula is C27H39NO5S. The van der Waals surface area contributed by atoms with Crippen LogP contribution in [0.25, 0.3) is 10.2 Å². The quantitative estimate of drug-likeness (QED) is 0.522. The molecule has 6 nitrogen and oxygen atoms in total. The fourth-order valence-corrected chi connectivity index (χ4v) is 5.72. The molecule has 0 bridgehead atoms. The number of cyclic esters (lactones) is 1. The van der Waals surface area contributed by atoms with Crippen molar-refractivity contribution >= 4 is 33.3 Å². The van der Waals surface area contributed by atoms with Crippen LogP contribution in [-0.2, 0) is 14.3 Å². The molecule has 1 aliphatic heterocycles. The first-order chi connectivity index (χ1) is 16.1. The highest BCUT2D eigenvalue weighted by Crippen LogP contribution is 2.32. The Morgan fingerprint density at radius 1 is 1.00 bits per heavy atom. The third-order valence-electron chi connectivity index (χ3n) is 7.39. The van der Waals surface area contributed by atoms with E-state index in [-0.39, 0.29) is 18.1 Å². The molecule has 0 radical (unpaired) electrons. The molecule has 1 aromatic heterocycles. The summed E-state index contributed by atoms with van der Waals surface area (Å²) in [5.74, 6) is -1.66. The summed E-state index contributed by atoms with van der Waals surface area (Å²) in [4.78, 5) is 30.3. The molecule has 1 aliphatic rings. The van der Waals surface area contributed by atoms with E-state index in [0.29, 0.717) is 12.3 Å². The highest BCUT2D eigenvalue weighted by molar-refractivity contribution is 7.18. The predicted molar refractivity (Wildman–Crippen MR) is 135 cm³/mol. The van der Waals surface area contributed by atoms with Crippen LogP contribution in [0.5, 0.6) is 0 Å². The number of carbonyl (C=O) groups excluding carboxylic acids is 2. The van der Waals surface area contributed by atoms with E-state index in [9.17, 15) is 19.8 Å². The van der Waals surface area contributed by atoms with E-state index in [1.807, 2.05) is 32.0 Å². The van der Waals surface area contributed by atoms with Gasteiger partial charge in [0.25, 0.3) is 0 Å². The average Bonchev–Trinajstić information content (AvgIpc) is 3.18. The van der Waals surface area contributed by atoms with Crippen LogP contribution in [0.1, 0.15) is 82.9 Å². The number of ether oxygens (including phenoxy) is 1. The average molecular weight is 490 g/mol. The second-order valence-corrected chi connectivity index (χ2v) is 11.5. The molecule has 34 heavy (non-hydrogen) atoms. The van der Waals surface area contributed by atoms with Crippen molar-refractivity contribution in [1.82, 2.24) is 4.98 Å². The molecule has 0 saturated carbocycles. The Labute approximate surface area is 206 Å². The van der Waals surface area contributed by atoms with Crippen LogP contribution in [0.15, 0.2) is 18.2 Å². The number of aliphatic hydroxyl groups excluding tert-OH is 2. The van der Waals surface area contributed by atoms with Gasteiger partial charge in [0.2, 0.25) is 0 Å². The number of aryl methyl sites for hydroxylation is 1. The van der Waals surface area contributed by atoms with Gasteiger partial charge >= 0.3 is 5.97 Å². The summed E-state index contributed by atoms with van der Waals surface area (Å²) in [5, 5.41) is 22.3. The number of rotatable bonds is 1. The molecule has 188 valence electrons. The van der Waals surface area contributed by atoms with Gasteiger partial charge in [-0.2, -0.15) is 0 Å². The number of carbonyl (C=O) groups is 2. The number of ketones is 1. The van der Waals surface area contributed by atoms with Gasteiger partial charge in [0, 0.05) is 11.8 Å². The Kier molecular flexibility index (Phi) is 9.24. The van der Waals surface area contributed by atoms with Crippen molar-refractivity contribution in [3.8, 4) is 0 Å². The topological polar surface area (TPSA) is 96.7 Å². The Morgan fingerprint density at radius 2 is 1.74 bits per heavy atom. The number of aliphatic hydroxyl groups is 2. The van der Waals surface area contributed by atoms with E-state index in [0.717, 1.165) is 46.5 Å². The lowest BCUT2D eigenvalue weighted by Crippen LogP contribution is -2.38. The smallest absolute Gasteiger partial charge is 0.309 e. The van der Waals surface area contributed by atoms with Crippen LogP contribution in [0, 0.1) is 30.6 Å². The molecule has 7 atom stereocenters. The molecular weight excluding hydrogens is 450 g/mol. The lowest BCUT2D eigenvalue weighted by Gasteiger charge is -2.28. The van der Waals surface area contributed by atoms with Crippen molar-refractivity contribution in [3.63, 3.8) is 0 Å². The number of esters is 1. The summed E-state index contributed by atoms with van der Waals surface area (Å²) < 4.78 is 6.98. The first-order valence-electron chi connectivity index (χ1n) is 12.5. The fraction of sp³-hybridized carbons (Fsp3) is 0.667. The van der Waals surface area contributed by atoms with Gasteiger partial charge in [-0.1, -0.05) is 46.6 Å². The highest BCUT2D eigenvalue weighted by Gasteiger charge is 2.34. The second-order valence-electron chi connectivity index (χ2n) is 10.3. The molecule has 1 aromatic carbocycles. The van der Waals surface area contributed by atoms with Crippen LogP contribution in [0.4, 0.5) is 0 Å². The molecule has 0 spiro atoms. The van der Waals surface area contributed by atoms with E-state index >= 15 is 0 Å². The number of hydrogen-bond acceptors (Lipinski definition) is 7. The lowest BCUT2D eigenvalue weighted by molar-refractivity contribution is -0.153. The van der Waals surface area contributed by atoms with Gasteiger partial charge in [0.1, 0.15) is 11.9 Å². The van der Waals surface area contributed by atoms with Gasteiger partial charge in [0.05, 0.1) is 33.9 Å². The third-order valence-corrected chi connectivity index (χ3v) is 8.34. The minimum absolute atomic E-state index is 0.00518. The predicted octanol–water partition coefficient (Wildman–Crippen LogP) is 5.38. The van der Waals surface area contributed by atoms with Gasteiger partial charge < -0.3 is 14.9 Å². The summed E-state index contributed by atoms with van der Waals surface area (Å²) in [5.41, 5.74) is 1.81. The maximum absolute atomic E-state index is 12.9. The Bertz CT molecular complexity index is 989. The van der Waals surface area contributed by atoms with Gasteiger partial charge in [-0.15, -0.1) is 11.3 Å². The van der Waals surface area contributed by atoms with E-state index in [4.69, 9.17) is 4.74 Å². The standard InChI is InChI=1S/C27H39NO5S/c1-15-7-6-8-16(2)26(31)18(4)27(32)17(3)22(29)14-25(30)33-23(11-9-15)20-10-12-24-21(13-20)28-19(5)34-24/h10,12-13,15-18,22-23,26,29,31H,6-9,11,14H2,1-5H3/t15-,16-,17+,18+,22-,23-,26-/m0/s1. The number of Topliss-reactive ketones (excluding diaryl/α,β-unsaturated/α-hetero) is 1. The van der Waals surface area contributed by atoms with E-state index in [1.54, 1.807) is 25.2 Å². The first kappa shape index (κ1) is 26.8. The highest BCUT2D eigenvalue weighted by atomic mass is 32.1. The van der Waals surface area contributed by atoms with Crippen molar-refractivity contribution < 1.29 is 24.5 Å². The molecule has 2 aromatic rings. The van der Waals surface area contributed by atoms with E-state index in [1.165, 1.54) is 0 Å². The van der Waals surface area contributed by atoms with Gasteiger partial charge in [0.15, 0.2) is 0 Å². The second kappa shape index (κ2) is 11.7. The van der Waals surface area contributed by atoms with Crippen LogP contribution in [0.2, 0.25) is 0 Å². The summed E-state index contributed by atoms with van der Waals surface area (Å²) >= 11 is 1.63. The summed E-state index contributed by atoms with van der Waals surface area (Å²) in [6.45, 7) is 9.49. The summed E-state index contributed by atoms with van der Waals surface area (Å²) in [6, 6.07) is 6.01. The first-order valence-corrected chi connectivity index (χ1v) is 13.3. The number of fused-ring (bicyclic) bond motifs is 1. The van der Waals surface area contributed by atoms with Crippen molar-refractivity contribution in [3.05, 3.63) is 28.8 Å². The maximum atomic E-state index is 12.9. The van der Waals surface area contributed by atoms with Crippen molar-refractivity contribution in [1.29, 1.82) is 0 Å². The zero-order chi connectivity index (χ0) is 25.0. The van der Waals surface area contributed by atoms with Gasteiger partial charge in [-0.25, -0.2) is 4.98 Å². The summed E-state index contributed by atoms with van der Waals surface area (Å²) in [6.07, 6.45) is 1.82. The van der Waals surface area contributed by atoms with Gasteiger partial charge in [-0.05, 0) is 55.7 Å². The molecule has 2 heterocycles. The molecule has 0 unspecified atom stereocenters. The Balaban J connectivity index is 1.83. The molecule has 1 fully saturated rings. The number of aromatic nitrogens is 1. The van der Waals surface area contributed by atoms with Crippen molar-refractivity contribution in [2.24, 2.45) is 23.7 Å².